The average molecular weight is 310 g/mol. The van der Waals surface area contributed by atoms with E-state index in [9.17, 15) is 0 Å². The van der Waals surface area contributed by atoms with E-state index in [4.69, 9.17) is 0 Å². The minimum Gasteiger partial charge on any atom is -0.350 e. The summed E-state index contributed by atoms with van der Waals surface area (Å²) in [4.78, 5) is 6.91. The Morgan fingerprint density at radius 1 is 1.39 bits per heavy atom. The summed E-state index contributed by atoms with van der Waals surface area (Å²) in [7, 11) is 0. The van der Waals surface area contributed by atoms with Crippen molar-refractivity contribution >= 4 is 27.4 Å². The second-order valence-corrected chi connectivity index (χ2v) is 5.43. The van der Waals surface area contributed by atoms with Crippen LogP contribution in [0.2, 0.25) is 0 Å². The van der Waals surface area contributed by atoms with Crippen LogP contribution in [0.3, 0.4) is 0 Å². The van der Waals surface area contributed by atoms with Crippen LogP contribution < -0.4 is 4.90 Å². The van der Waals surface area contributed by atoms with Crippen LogP contribution in [-0.4, -0.2) is 37.5 Å². The first-order chi connectivity index (χ1) is 8.90. The second-order valence-electron chi connectivity index (χ2n) is 4.63. The number of hydrogen-bond donors (Lipinski definition) is 0. The molecule has 5 nitrogen and oxygen atoms in total. The van der Waals surface area contributed by atoms with E-state index >= 15 is 0 Å². The van der Waals surface area contributed by atoms with Gasteiger partial charge in [-0.05, 0) is 12.8 Å². The topological polar surface area (TPSA) is 46.3 Å². The molecule has 0 N–H and O–H groups in total. The molecule has 96 valence electrons. The van der Waals surface area contributed by atoms with Gasteiger partial charge in [0.1, 0.15) is 6.33 Å². The van der Waals surface area contributed by atoms with Gasteiger partial charge in [0.2, 0.25) is 5.65 Å². The van der Waals surface area contributed by atoms with Gasteiger partial charge in [-0.15, -0.1) is 10.2 Å². The van der Waals surface area contributed by atoms with E-state index < -0.39 is 0 Å². The molecule has 3 rings (SSSR count). The van der Waals surface area contributed by atoms with Gasteiger partial charge in [-0.3, -0.25) is 4.40 Å². The summed E-state index contributed by atoms with van der Waals surface area (Å²) in [6.45, 7) is 0.962. The molecule has 1 aliphatic rings. The Bertz CT molecular complexity index is 520. The Labute approximate surface area is 114 Å². The number of anilines is 1. The van der Waals surface area contributed by atoms with Gasteiger partial charge in [-0.2, -0.15) is 0 Å². The number of rotatable bonds is 4. The Balaban J connectivity index is 2.00. The fourth-order valence-electron chi connectivity index (χ4n) is 2.72. The SMILES string of the molecule is BrCCN(c1nccn2cnnc12)C1CCCC1. The van der Waals surface area contributed by atoms with Crippen molar-refractivity contribution in [1.29, 1.82) is 0 Å². The molecular formula is C12H16BrN5. The normalized spacial score (nSPS) is 16.5. The van der Waals surface area contributed by atoms with Crippen molar-refractivity contribution in [3.05, 3.63) is 18.7 Å². The Kier molecular flexibility index (Phi) is 3.45. The number of alkyl halides is 1. The number of fused-ring (bicyclic) bond motifs is 1. The zero-order valence-electron chi connectivity index (χ0n) is 10.2. The highest BCUT2D eigenvalue weighted by Gasteiger charge is 2.25. The van der Waals surface area contributed by atoms with E-state index in [0.29, 0.717) is 6.04 Å². The molecule has 1 fully saturated rings. The first-order valence-corrected chi connectivity index (χ1v) is 7.49. The lowest BCUT2D eigenvalue weighted by atomic mass is 10.2. The van der Waals surface area contributed by atoms with Crippen molar-refractivity contribution in [1.82, 2.24) is 19.6 Å². The minimum absolute atomic E-state index is 0.595. The first kappa shape index (κ1) is 11.9. The van der Waals surface area contributed by atoms with Crippen molar-refractivity contribution < 1.29 is 0 Å². The second kappa shape index (κ2) is 5.22. The monoisotopic (exact) mass is 309 g/mol. The standard InChI is InChI=1S/C12H16BrN5/c13-5-7-18(10-3-1-2-4-10)11-12-16-15-9-17(12)8-6-14-11/h6,8-10H,1-5,7H2. The summed E-state index contributed by atoms with van der Waals surface area (Å²) in [5.41, 5.74) is 0.852. The fraction of sp³-hybridized carbons (Fsp3) is 0.583. The molecule has 0 amide bonds. The molecule has 0 radical (unpaired) electrons. The maximum Gasteiger partial charge on any atom is 0.203 e. The molecule has 0 atom stereocenters. The average Bonchev–Trinajstić information content (AvgIpc) is 3.06. The van der Waals surface area contributed by atoms with Crippen molar-refractivity contribution in [3.63, 3.8) is 0 Å². The lowest BCUT2D eigenvalue weighted by Gasteiger charge is -2.29. The summed E-state index contributed by atoms with van der Waals surface area (Å²) in [6.07, 6.45) is 10.6. The van der Waals surface area contributed by atoms with Crippen molar-refractivity contribution in [2.75, 3.05) is 16.8 Å². The molecule has 2 aromatic rings. The summed E-state index contributed by atoms with van der Waals surface area (Å²) in [5, 5.41) is 9.10. The third-order valence-corrected chi connectivity index (χ3v) is 3.91. The quantitative estimate of drug-likeness (QED) is 0.813. The van der Waals surface area contributed by atoms with Gasteiger partial charge in [-0.1, -0.05) is 28.8 Å². The fourth-order valence-corrected chi connectivity index (χ4v) is 3.10. The molecule has 18 heavy (non-hydrogen) atoms. The zero-order valence-corrected chi connectivity index (χ0v) is 11.8. The van der Waals surface area contributed by atoms with Crippen LogP contribution in [0, 0.1) is 0 Å². The first-order valence-electron chi connectivity index (χ1n) is 6.37. The Morgan fingerprint density at radius 2 is 2.22 bits per heavy atom. The molecule has 2 aromatic heterocycles. The predicted molar refractivity (Wildman–Crippen MR) is 74.2 cm³/mol. The highest BCUT2D eigenvalue weighted by molar-refractivity contribution is 9.09. The molecule has 1 aliphatic carbocycles. The molecule has 0 unspecified atom stereocenters. The van der Waals surface area contributed by atoms with Gasteiger partial charge in [0, 0.05) is 30.3 Å². The lowest BCUT2D eigenvalue weighted by molar-refractivity contribution is 0.616. The molecule has 0 aliphatic heterocycles. The van der Waals surface area contributed by atoms with Crippen molar-refractivity contribution in [3.8, 4) is 0 Å². The molecule has 0 saturated heterocycles. The van der Waals surface area contributed by atoms with E-state index in [2.05, 4.69) is 36.0 Å². The summed E-state index contributed by atoms with van der Waals surface area (Å²) in [6, 6.07) is 0.595. The molecule has 0 aromatic carbocycles. The lowest BCUT2D eigenvalue weighted by Crippen LogP contribution is -2.36. The largest absolute Gasteiger partial charge is 0.350 e. The van der Waals surface area contributed by atoms with Gasteiger partial charge in [0.15, 0.2) is 5.82 Å². The molecule has 0 bridgehead atoms. The van der Waals surface area contributed by atoms with Crippen LogP contribution in [0.1, 0.15) is 25.7 Å². The van der Waals surface area contributed by atoms with Gasteiger partial charge in [0.25, 0.3) is 0 Å². The van der Waals surface area contributed by atoms with Gasteiger partial charge in [0.05, 0.1) is 0 Å². The Hall–Kier alpha value is -1.17. The molecule has 0 spiro atoms. The molecule has 6 heteroatoms. The van der Waals surface area contributed by atoms with Crippen LogP contribution >= 0.6 is 15.9 Å². The third-order valence-electron chi connectivity index (χ3n) is 3.56. The number of nitrogens with zero attached hydrogens (tertiary/aromatic N) is 5. The van der Waals surface area contributed by atoms with Crippen molar-refractivity contribution in [2.45, 2.75) is 31.7 Å². The molecule has 2 heterocycles. The highest BCUT2D eigenvalue weighted by atomic mass is 79.9. The highest BCUT2D eigenvalue weighted by Crippen LogP contribution is 2.28. The van der Waals surface area contributed by atoms with E-state index in [0.717, 1.165) is 23.3 Å². The van der Waals surface area contributed by atoms with E-state index in [1.54, 1.807) is 6.33 Å². The molecule has 1 saturated carbocycles. The van der Waals surface area contributed by atoms with Crippen LogP contribution in [0.25, 0.3) is 5.65 Å². The van der Waals surface area contributed by atoms with Crippen LogP contribution in [0.15, 0.2) is 18.7 Å². The number of hydrogen-bond acceptors (Lipinski definition) is 4. The van der Waals surface area contributed by atoms with Crippen LogP contribution in [-0.2, 0) is 0 Å². The van der Waals surface area contributed by atoms with Gasteiger partial charge in [-0.25, -0.2) is 4.98 Å². The maximum absolute atomic E-state index is 4.52. The summed E-state index contributed by atoms with van der Waals surface area (Å²) < 4.78 is 1.93. The van der Waals surface area contributed by atoms with E-state index in [1.807, 2.05) is 16.8 Å². The smallest absolute Gasteiger partial charge is 0.203 e. The number of halogens is 1. The summed E-state index contributed by atoms with van der Waals surface area (Å²) in [5.74, 6) is 0.960. The van der Waals surface area contributed by atoms with Gasteiger partial charge < -0.3 is 4.90 Å². The molecular weight excluding hydrogens is 294 g/mol. The Morgan fingerprint density at radius 3 is 3.00 bits per heavy atom. The number of aromatic nitrogens is 4. The predicted octanol–water partition coefficient (Wildman–Crippen LogP) is 2.27. The zero-order chi connectivity index (χ0) is 12.4. The van der Waals surface area contributed by atoms with E-state index in [-0.39, 0.29) is 0 Å². The van der Waals surface area contributed by atoms with E-state index in [1.165, 1.54) is 25.7 Å². The van der Waals surface area contributed by atoms with Crippen LogP contribution in [0.4, 0.5) is 5.82 Å². The maximum atomic E-state index is 4.52. The van der Waals surface area contributed by atoms with Gasteiger partial charge >= 0.3 is 0 Å². The third kappa shape index (κ3) is 2.09. The van der Waals surface area contributed by atoms with Crippen LogP contribution in [0.5, 0.6) is 0 Å². The van der Waals surface area contributed by atoms with Crippen molar-refractivity contribution in [2.24, 2.45) is 0 Å². The minimum atomic E-state index is 0.595. The summed E-state index contributed by atoms with van der Waals surface area (Å²) >= 11 is 3.54.